The van der Waals surface area contributed by atoms with Gasteiger partial charge in [-0.1, -0.05) is 0 Å². The van der Waals surface area contributed by atoms with Crippen molar-refractivity contribution in [3.05, 3.63) is 81.7 Å². The number of phenols is 2. The van der Waals surface area contributed by atoms with Crippen LogP contribution in [-0.4, -0.2) is 88.6 Å². The van der Waals surface area contributed by atoms with E-state index in [-0.39, 0.29) is 102 Å². The fourth-order valence-electron chi connectivity index (χ4n) is 5.57. The quantitative estimate of drug-likeness (QED) is 0.211. The van der Waals surface area contributed by atoms with Gasteiger partial charge in [0.05, 0.1) is 76.0 Å². The van der Waals surface area contributed by atoms with Gasteiger partial charge in [0.15, 0.2) is 64.4 Å². The van der Waals surface area contributed by atoms with Crippen molar-refractivity contribution in [1.29, 1.82) is 0 Å². The number of rotatable bonds is 10. The molecule has 16 heteroatoms. The summed E-state index contributed by atoms with van der Waals surface area (Å²) in [6, 6.07) is 5.83. The molecular weight excluding hydrogens is 688 g/mol. The van der Waals surface area contributed by atoms with Crippen molar-refractivity contribution in [2.24, 2.45) is 0 Å². The molecule has 0 saturated heterocycles. The molecule has 0 atom stereocenters. The number of phenolic OH excluding ortho intramolecular Hbond substituents is 2. The fraction of sp³-hybridized carbons (Fsp3) is 0.167. The fourth-order valence-corrected chi connectivity index (χ4v) is 5.57. The topological polar surface area (TPSA) is 225 Å². The molecule has 268 valence electrons. The summed E-state index contributed by atoms with van der Waals surface area (Å²) < 4.78 is 41.2. The molecule has 0 saturated carbocycles. The number of Topliss-reactive ketones (excluding diaryl/α,β-unsaturated/α-hetero) is 2. The number of allylic oxidation sites excluding steroid dienone is 4. The van der Waals surface area contributed by atoms with E-state index in [2.05, 4.69) is 0 Å². The molecule has 52 heavy (non-hydrogen) atoms. The Balaban J connectivity index is 0.000000201. The number of aldehydes is 2. The molecule has 16 nitrogen and oxygen atoms in total. The first kappa shape index (κ1) is 36.2. The number of ether oxygens (including phenoxy) is 6. The number of hydrogen-bond acceptors (Lipinski definition) is 16. The summed E-state index contributed by atoms with van der Waals surface area (Å²) in [5.41, 5.74) is -0.227. The van der Waals surface area contributed by atoms with Crippen LogP contribution in [0.4, 0.5) is 0 Å². The van der Waals surface area contributed by atoms with Gasteiger partial charge in [-0.05, 0) is 24.3 Å². The molecule has 0 aliphatic heterocycles. The van der Waals surface area contributed by atoms with E-state index < -0.39 is 23.1 Å². The molecule has 6 rings (SSSR count). The Morgan fingerprint density at radius 1 is 0.519 bits per heavy atom. The van der Waals surface area contributed by atoms with Crippen LogP contribution >= 0.6 is 0 Å². The van der Waals surface area contributed by atoms with E-state index in [4.69, 9.17) is 37.3 Å². The molecule has 0 bridgehead atoms. The monoisotopic (exact) mass is 716 g/mol. The average Bonchev–Trinajstić information content (AvgIpc) is 3.75. The summed E-state index contributed by atoms with van der Waals surface area (Å²) in [5, 5.41) is 20.5. The number of fused-ring (bicyclic) bond motifs is 2. The van der Waals surface area contributed by atoms with Crippen molar-refractivity contribution < 1.29 is 76.2 Å². The molecule has 2 aromatic carbocycles. The lowest BCUT2D eigenvalue weighted by Crippen LogP contribution is -2.17. The minimum Gasteiger partial charge on any atom is -0.502 e. The molecule has 2 N–H and O–H groups in total. The zero-order chi connectivity index (χ0) is 38.0. The van der Waals surface area contributed by atoms with Crippen LogP contribution in [-0.2, 0) is 9.47 Å². The van der Waals surface area contributed by atoms with E-state index in [9.17, 15) is 39.0 Å². The van der Waals surface area contributed by atoms with Gasteiger partial charge in [0.2, 0.25) is 23.1 Å². The Morgan fingerprint density at radius 2 is 0.962 bits per heavy atom. The van der Waals surface area contributed by atoms with E-state index in [0.717, 1.165) is 12.2 Å². The number of carbonyl (C=O) groups is 6. The molecule has 2 aliphatic carbocycles. The van der Waals surface area contributed by atoms with E-state index in [1.165, 1.54) is 66.9 Å². The van der Waals surface area contributed by atoms with Crippen molar-refractivity contribution in [3.63, 3.8) is 0 Å². The van der Waals surface area contributed by atoms with Gasteiger partial charge in [0.1, 0.15) is 11.5 Å². The molecule has 2 heterocycles. The third kappa shape index (κ3) is 5.70. The first-order valence-corrected chi connectivity index (χ1v) is 14.8. The van der Waals surface area contributed by atoms with Gasteiger partial charge in [-0.15, -0.1) is 0 Å². The smallest absolute Gasteiger partial charge is 0.263 e. The number of carbonyl (C=O) groups excluding carboxylic acids is 6. The van der Waals surface area contributed by atoms with E-state index in [0.29, 0.717) is 12.6 Å². The standard InChI is InChI=1S/2C18H14O8/c1-23-11-5-4-8(17(25-3)15(11)22)16-9(7-19)13-14(21)12(24-2)6-10(20)18(13)26-16;1-23-11-5-4-8(17(25-3)14(11)21)16-9(7-19)13-10(20)6-12(24-2)15(22)18(13)26-16/h4-7,22H,1-3H3;4-7,21H,1-3H3. The van der Waals surface area contributed by atoms with Gasteiger partial charge in [0, 0.05) is 12.2 Å². The first-order valence-electron chi connectivity index (χ1n) is 14.8. The third-order valence-electron chi connectivity index (χ3n) is 7.97. The number of methoxy groups -OCH3 is 6. The van der Waals surface area contributed by atoms with Gasteiger partial charge in [0.25, 0.3) is 5.78 Å². The second-order valence-corrected chi connectivity index (χ2v) is 10.5. The van der Waals surface area contributed by atoms with E-state index in [1.54, 1.807) is 0 Å². The van der Waals surface area contributed by atoms with Gasteiger partial charge < -0.3 is 47.5 Å². The van der Waals surface area contributed by atoms with Crippen LogP contribution in [0.25, 0.3) is 22.6 Å². The molecular formula is C36H28O16. The number of ketones is 4. The van der Waals surface area contributed by atoms with Crippen molar-refractivity contribution in [2.75, 3.05) is 42.7 Å². The predicted molar refractivity (Wildman–Crippen MR) is 176 cm³/mol. The van der Waals surface area contributed by atoms with Gasteiger partial charge in [-0.25, -0.2) is 0 Å². The number of hydrogen-bond donors (Lipinski definition) is 2. The minimum atomic E-state index is -0.659. The maximum absolute atomic E-state index is 12.5. The Bertz CT molecular complexity index is 2180. The number of aromatic hydroxyl groups is 2. The van der Waals surface area contributed by atoms with Crippen LogP contribution in [0.2, 0.25) is 0 Å². The van der Waals surface area contributed by atoms with Gasteiger partial charge >= 0.3 is 0 Å². The lowest BCUT2D eigenvalue weighted by molar-refractivity contribution is 0.0892. The SMILES string of the molecule is COC1=CC(=O)c2c(oc(-c3ccc(OC)c(O)c3OC)c2C=O)C1=O.COC1=CC(=O)c2oc(-c3ccc(OC)c(O)c3OC)c(C=O)c2C1=O. The molecule has 0 amide bonds. The zero-order valence-corrected chi connectivity index (χ0v) is 28.2. The molecule has 4 aromatic rings. The predicted octanol–water partition coefficient (Wildman–Crippen LogP) is 4.78. The lowest BCUT2D eigenvalue weighted by atomic mass is 9.95. The Kier molecular flexibility index (Phi) is 10.0. The van der Waals surface area contributed by atoms with Crippen LogP contribution in [0.3, 0.4) is 0 Å². The summed E-state index contributed by atoms with van der Waals surface area (Å²) in [6.45, 7) is 0. The molecule has 2 aromatic heterocycles. The number of benzene rings is 2. The summed E-state index contributed by atoms with van der Waals surface area (Å²) in [5.74, 6) is -4.01. The second-order valence-electron chi connectivity index (χ2n) is 10.5. The zero-order valence-electron chi connectivity index (χ0n) is 28.2. The highest BCUT2D eigenvalue weighted by Crippen LogP contribution is 2.47. The number of furan rings is 2. The third-order valence-corrected chi connectivity index (χ3v) is 7.97. The normalized spacial score (nSPS) is 13.1. The Hall–Kier alpha value is -7.10. The van der Waals surface area contributed by atoms with Crippen molar-refractivity contribution in [2.45, 2.75) is 0 Å². The Labute approximate surface area is 293 Å². The summed E-state index contributed by atoms with van der Waals surface area (Å²) in [4.78, 5) is 72.7. The van der Waals surface area contributed by atoms with E-state index in [1.807, 2.05) is 0 Å². The maximum atomic E-state index is 12.5. The molecule has 0 fully saturated rings. The second kappa shape index (κ2) is 14.4. The lowest BCUT2D eigenvalue weighted by Gasteiger charge is -2.12. The molecule has 0 radical (unpaired) electrons. The average molecular weight is 717 g/mol. The molecule has 0 spiro atoms. The summed E-state index contributed by atoms with van der Waals surface area (Å²) in [6.07, 6.45) is 2.81. The van der Waals surface area contributed by atoms with E-state index >= 15 is 0 Å². The van der Waals surface area contributed by atoms with Crippen LogP contribution in [0, 0.1) is 0 Å². The summed E-state index contributed by atoms with van der Waals surface area (Å²) >= 11 is 0. The largest absolute Gasteiger partial charge is 0.502 e. The summed E-state index contributed by atoms with van der Waals surface area (Å²) in [7, 11) is 7.84. The maximum Gasteiger partial charge on any atom is 0.263 e. The van der Waals surface area contributed by atoms with Crippen molar-refractivity contribution >= 4 is 35.7 Å². The van der Waals surface area contributed by atoms with Crippen LogP contribution < -0.4 is 18.9 Å². The minimum absolute atomic E-state index is 0.0293. The highest BCUT2D eigenvalue weighted by molar-refractivity contribution is 6.26. The van der Waals surface area contributed by atoms with Crippen LogP contribution in [0.5, 0.6) is 34.5 Å². The van der Waals surface area contributed by atoms with Crippen molar-refractivity contribution in [3.8, 4) is 57.1 Å². The Morgan fingerprint density at radius 3 is 1.40 bits per heavy atom. The highest BCUT2D eigenvalue weighted by atomic mass is 16.5. The molecule has 2 aliphatic rings. The van der Waals surface area contributed by atoms with Crippen LogP contribution in [0.1, 0.15) is 62.5 Å². The van der Waals surface area contributed by atoms with Gasteiger partial charge in [-0.2, -0.15) is 0 Å². The highest BCUT2D eigenvalue weighted by Gasteiger charge is 2.38. The van der Waals surface area contributed by atoms with Crippen LogP contribution in [0.15, 0.2) is 56.8 Å². The van der Waals surface area contributed by atoms with Crippen molar-refractivity contribution in [1.82, 2.24) is 0 Å². The van der Waals surface area contributed by atoms with Gasteiger partial charge in [-0.3, -0.25) is 28.8 Å². The molecule has 0 unspecified atom stereocenters. The first-order chi connectivity index (χ1) is 25.0.